The molecule has 4 aromatic rings. The number of halogens is 1. The first-order valence-corrected chi connectivity index (χ1v) is 9.13. The fourth-order valence-corrected chi connectivity index (χ4v) is 3.05. The lowest BCUT2D eigenvalue weighted by atomic mass is 10.1. The molecule has 2 aromatic carbocycles. The fourth-order valence-electron chi connectivity index (χ4n) is 2.78. The van der Waals surface area contributed by atoms with Gasteiger partial charge in [0.1, 0.15) is 5.69 Å². The molecule has 0 aliphatic rings. The molecule has 3 N–H and O–H groups in total. The number of hydrogen-bond donors (Lipinski definition) is 2. The second-order valence-corrected chi connectivity index (χ2v) is 6.56. The summed E-state index contributed by atoms with van der Waals surface area (Å²) in [6.07, 6.45) is 0. The number of rotatable bonds is 5. The Labute approximate surface area is 175 Å². The quantitative estimate of drug-likeness (QED) is 0.372. The molecule has 0 atom stereocenters. The summed E-state index contributed by atoms with van der Waals surface area (Å²) in [5.41, 5.74) is 10.6. The average Bonchev–Trinajstić information content (AvgIpc) is 3.38. The number of amides is 1. The summed E-state index contributed by atoms with van der Waals surface area (Å²) in [6.45, 7) is 1.73. The van der Waals surface area contributed by atoms with Crippen LogP contribution in [0.2, 0.25) is 5.02 Å². The molecule has 0 fully saturated rings. The zero-order valence-electron chi connectivity index (χ0n) is 15.7. The van der Waals surface area contributed by atoms with Crippen LogP contribution in [0.25, 0.3) is 17.1 Å². The van der Waals surface area contributed by atoms with E-state index in [1.807, 2.05) is 30.3 Å². The SMILES string of the molecule is CC(=NNC(=O)c1nnn(-c2nonc2N)c1-c1ccccc1)c1ccccc1Cl. The van der Waals surface area contributed by atoms with Crippen LogP contribution in [0, 0.1) is 0 Å². The van der Waals surface area contributed by atoms with Crippen molar-refractivity contribution in [1.82, 2.24) is 30.7 Å². The third-order valence-electron chi connectivity index (χ3n) is 4.22. The van der Waals surface area contributed by atoms with Crippen molar-refractivity contribution in [3.63, 3.8) is 0 Å². The standard InChI is InChI=1S/C19H15ClN8O2/c1-11(13-9-5-6-10-14(13)20)22-24-19(29)15-16(12-7-3-2-4-8-12)28(27-23-15)18-17(21)25-30-26-18/h2-10H,1H3,(H2,21,25)(H,24,29). The van der Waals surface area contributed by atoms with Crippen LogP contribution in [0.3, 0.4) is 0 Å². The number of nitrogen functional groups attached to an aromatic ring is 1. The predicted octanol–water partition coefficient (Wildman–Crippen LogP) is 2.71. The summed E-state index contributed by atoms with van der Waals surface area (Å²) in [5.74, 6) is -0.436. The number of anilines is 1. The minimum atomic E-state index is -0.568. The number of carbonyl (C=O) groups excluding carboxylic acids is 1. The normalized spacial score (nSPS) is 11.5. The Kier molecular flexibility index (Phi) is 5.22. The van der Waals surface area contributed by atoms with Crippen LogP contribution in [-0.4, -0.2) is 36.9 Å². The Bertz CT molecular complexity index is 1230. The van der Waals surface area contributed by atoms with Gasteiger partial charge < -0.3 is 5.73 Å². The van der Waals surface area contributed by atoms with Crippen molar-refractivity contribution in [3.05, 3.63) is 70.9 Å². The molecule has 0 aliphatic carbocycles. The van der Waals surface area contributed by atoms with Gasteiger partial charge in [0, 0.05) is 16.1 Å². The lowest BCUT2D eigenvalue weighted by molar-refractivity contribution is 0.0950. The van der Waals surface area contributed by atoms with E-state index in [0.717, 1.165) is 0 Å². The first-order chi connectivity index (χ1) is 14.6. The van der Waals surface area contributed by atoms with Crippen molar-refractivity contribution in [1.29, 1.82) is 0 Å². The summed E-state index contributed by atoms with van der Waals surface area (Å²) in [7, 11) is 0. The van der Waals surface area contributed by atoms with Gasteiger partial charge in [0.25, 0.3) is 5.91 Å². The summed E-state index contributed by atoms with van der Waals surface area (Å²) in [4.78, 5) is 12.9. The van der Waals surface area contributed by atoms with Crippen molar-refractivity contribution in [2.45, 2.75) is 6.92 Å². The molecule has 11 heteroatoms. The van der Waals surface area contributed by atoms with E-state index >= 15 is 0 Å². The number of benzene rings is 2. The molecule has 0 unspecified atom stereocenters. The van der Waals surface area contributed by atoms with Gasteiger partial charge >= 0.3 is 0 Å². The van der Waals surface area contributed by atoms with Crippen LogP contribution in [0.15, 0.2) is 64.3 Å². The van der Waals surface area contributed by atoms with Gasteiger partial charge in [-0.05, 0) is 23.3 Å². The van der Waals surface area contributed by atoms with E-state index in [2.05, 4.69) is 35.8 Å². The number of nitrogens with two attached hydrogens (primary N) is 1. The summed E-state index contributed by atoms with van der Waals surface area (Å²) in [5, 5.41) is 20.0. The summed E-state index contributed by atoms with van der Waals surface area (Å²) >= 11 is 6.18. The minimum Gasteiger partial charge on any atom is -0.378 e. The van der Waals surface area contributed by atoms with Crippen molar-refractivity contribution in [2.75, 3.05) is 5.73 Å². The maximum Gasteiger partial charge on any atom is 0.294 e. The molecule has 4 rings (SSSR count). The minimum absolute atomic E-state index is 0.0108. The van der Waals surface area contributed by atoms with Crippen LogP contribution in [-0.2, 0) is 0 Å². The second kappa shape index (κ2) is 8.13. The van der Waals surface area contributed by atoms with E-state index in [0.29, 0.717) is 27.6 Å². The molecule has 2 aromatic heterocycles. The molecule has 2 heterocycles. The molecule has 150 valence electrons. The largest absolute Gasteiger partial charge is 0.378 e. The van der Waals surface area contributed by atoms with Crippen LogP contribution in [0.5, 0.6) is 0 Å². The lowest BCUT2D eigenvalue weighted by Gasteiger charge is -2.06. The number of aromatic nitrogens is 5. The van der Waals surface area contributed by atoms with E-state index in [1.54, 1.807) is 31.2 Å². The van der Waals surface area contributed by atoms with Crippen molar-refractivity contribution >= 4 is 29.0 Å². The number of hydrazone groups is 1. The number of nitrogens with zero attached hydrogens (tertiary/aromatic N) is 6. The van der Waals surface area contributed by atoms with Crippen molar-refractivity contribution < 1.29 is 9.42 Å². The number of nitrogens with one attached hydrogen (secondary N) is 1. The lowest BCUT2D eigenvalue weighted by Crippen LogP contribution is -2.21. The Morgan fingerprint density at radius 1 is 1.13 bits per heavy atom. The maximum absolute atomic E-state index is 12.9. The molecule has 0 aliphatic heterocycles. The highest BCUT2D eigenvalue weighted by Gasteiger charge is 2.25. The smallest absolute Gasteiger partial charge is 0.294 e. The monoisotopic (exact) mass is 422 g/mol. The Morgan fingerprint density at radius 3 is 2.57 bits per heavy atom. The van der Waals surface area contributed by atoms with Gasteiger partial charge in [0.15, 0.2) is 5.69 Å². The van der Waals surface area contributed by atoms with E-state index in [-0.39, 0.29) is 17.3 Å². The van der Waals surface area contributed by atoms with E-state index in [1.165, 1.54) is 4.68 Å². The zero-order chi connectivity index (χ0) is 21.1. The average molecular weight is 423 g/mol. The van der Waals surface area contributed by atoms with E-state index < -0.39 is 5.91 Å². The van der Waals surface area contributed by atoms with Gasteiger partial charge in [-0.2, -0.15) is 9.78 Å². The molecule has 1 amide bonds. The molecule has 0 saturated heterocycles. The highest BCUT2D eigenvalue weighted by atomic mass is 35.5. The number of carbonyl (C=O) groups is 1. The van der Waals surface area contributed by atoms with Gasteiger partial charge in [-0.25, -0.2) is 10.1 Å². The first-order valence-electron chi connectivity index (χ1n) is 8.75. The Morgan fingerprint density at radius 2 is 1.87 bits per heavy atom. The van der Waals surface area contributed by atoms with Crippen LogP contribution < -0.4 is 11.2 Å². The molecular formula is C19H15ClN8O2. The molecular weight excluding hydrogens is 408 g/mol. The summed E-state index contributed by atoms with van der Waals surface area (Å²) < 4.78 is 5.94. The van der Waals surface area contributed by atoms with Gasteiger partial charge in [-0.3, -0.25) is 4.79 Å². The third kappa shape index (κ3) is 3.63. The van der Waals surface area contributed by atoms with Gasteiger partial charge in [-0.15, -0.1) is 5.10 Å². The van der Waals surface area contributed by atoms with Gasteiger partial charge in [0.2, 0.25) is 11.6 Å². The zero-order valence-corrected chi connectivity index (χ0v) is 16.4. The van der Waals surface area contributed by atoms with Crippen LogP contribution in [0.1, 0.15) is 23.0 Å². The number of hydrogen-bond acceptors (Lipinski definition) is 8. The molecule has 0 radical (unpaired) electrons. The van der Waals surface area contributed by atoms with E-state index in [4.69, 9.17) is 17.3 Å². The molecule has 10 nitrogen and oxygen atoms in total. The van der Waals surface area contributed by atoms with Crippen molar-refractivity contribution in [3.8, 4) is 17.1 Å². The first kappa shape index (κ1) is 19.3. The highest BCUT2D eigenvalue weighted by Crippen LogP contribution is 2.26. The van der Waals surface area contributed by atoms with Crippen molar-refractivity contribution in [2.24, 2.45) is 5.10 Å². The molecule has 0 saturated carbocycles. The Hall–Kier alpha value is -4.05. The molecule has 30 heavy (non-hydrogen) atoms. The van der Waals surface area contributed by atoms with Gasteiger partial charge in [0.05, 0.1) is 5.71 Å². The predicted molar refractivity (Wildman–Crippen MR) is 110 cm³/mol. The highest BCUT2D eigenvalue weighted by molar-refractivity contribution is 6.34. The second-order valence-electron chi connectivity index (χ2n) is 6.16. The Balaban J connectivity index is 1.71. The topological polar surface area (TPSA) is 137 Å². The summed E-state index contributed by atoms with van der Waals surface area (Å²) in [6, 6.07) is 16.3. The fraction of sp³-hybridized carbons (Fsp3) is 0.0526. The third-order valence-corrected chi connectivity index (χ3v) is 4.55. The maximum atomic E-state index is 12.9. The van der Waals surface area contributed by atoms with Crippen LogP contribution >= 0.6 is 11.6 Å². The van der Waals surface area contributed by atoms with E-state index in [9.17, 15) is 4.79 Å². The van der Waals surface area contributed by atoms with Crippen LogP contribution in [0.4, 0.5) is 5.82 Å². The molecule has 0 bridgehead atoms. The molecule has 0 spiro atoms. The van der Waals surface area contributed by atoms with Gasteiger partial charge in [-0.1, -0.05) is 65.3 Å².